The van der Waals surface area contributed by atoms with Gasteiger partial charge in [0.25, 0.3) is 0 Å². The number of hydrogen-bond donors (Lipinski definition) is 2. The number of aromatic nitrogens is 1. The summed E-state index contributed by atoms with van der Waals surface area (Å²) in [4.78, 5) is 30.5. The number of fused-ring (bicyclic) bond motifs is 3. The highest BCUT2D eigenvalue weighted by atomic mass is 35.5. The maximum Gasteiger partial charge on any atom is 0.414 e. The predicted molar refractivity (Wildman–Crippen MR) is 184 cm³/mol. The molecule has 52 heavy (non-hydrogen) atoms. The number of methoxy groups -OCH3 is 1. The van der Waals surface area contributed by atoms with Crippen LogP contribution in [-0.2, 0) is 17.7 Å². The Morgan fingerprint density at radius 1 is 1.02 bits per heavy atom. The van der Waals surface area contributed by atoms with Crippen LogP contribution in [0.25, 0.3) is 0 Å². The van der Waals surface area contributed by atoms with Crippen LogP contribution in [0, 0.1) is 11.7 Å². The van der Waals surface area contributed by atoms with Crippen molar-refractivity contribution >= 4 is 41.0 Å². The van der Waals surface area contributed by atoms with Gasteiger partial charge in [-0.25, -0.2) is 14.0 Å². The second-order valence-corrected chi connectivity index (χ2v) is 13.5. The molecule has 3 aliphatic heterocycles. The molecule has 0 aliphatic carbocycles. The quantitative estimate of drug-likeness (QED) is 0.112. The number of piperidine rings is 3. The molecule has 0 unspecified atom stereocenters. The number of rotatable bonds is 12. The average Bonchev–Trinajstić information content (AvgIpc) is 3.11. The standard InChI is InChI=1S/C37H34Cl2F3N3O7/c1-50-32-14-22(8-9-31(32)51-36(41)42)27(16-28-29(38)18-44(49)19-30(28)39)34-23(4-2-7-26(34)35(46)47)17-45(25-6-3-5-24(40)15-25)37(48)52-33-20-43-12-10-21(33)11-13-43/h2-9,14-15,18-19,21,27,33,36H,10-13,16-17,20H2,1H3,(H-,46,47,49)/p+1/t27-,33-/m0/s1. The number of halogens is 5. The number of carboxylic acid groups (broad SMARTS) is 1. The van der Waals surface area contributed by atoms with Crippen LogP contribution >= 0.6 is 23.2 Å². The normalized spacial score (nSPS) is 18.6. The maximum absolute atomic E-state index is 14.7. The van der Waals surface area contributed by atoms with Crippen molar-refractivity contribution in [2.24, 2.45) is 5.92 Å². The molecule has 2 atom stereocenters. The number of benzene rings is 3. The van der Waals surface area contributed by atoms with Crippen molar-refractivity contribution in [1.29, 1.82) is 0 Å². The zero-order chi connectivity index (χ0) is 37.1. The van der Waals surface area contributed by atoms with Crippen molar-refractivity contribution in [2.75, 3.05) is 31.6 Å². The van der Waals surface area contributed by atoms with Crippen molar-refractivity contribution in [2.45, 2.75) is 44.4 Å². The summed E-state index contributed by atoms with van der Waals surface area (Å²) in [7, 11) is 1.27. The summed E-state index contributed by atoms with van der Waals surface area (Å²) in [6, 6.07) is 14.2. The van der Waals surface area contributed by atoms with Crippen LogP contribution in [0.5, 0.6) is 11.5 Å². The number of anilines is 1. The van der Waals surface area contributed by atoms with Gasteiger partial charge < -0.3 is 19.3 Å². The van der Waals surface area contributed by atoms with E-state index in [0.717, 1.165) is 25.9 Å². The van der Waals surface area contributed by atoms with Gasteiger partial charge in [-0.3, -0.25) is 15.0 Å². The number of pyridine rings is 1. The first-order valence-electron chi connectivity index (χ1n) is 16.4. The molecule has 1 amide bonds. The number of nitrogens with zero attached hydrogens (tertiary/aromatic N) is 3. The second kappa shape index (κ2) is 15.9. The van der Waals surface area contributed by atoms with E-state index < -0.39 is 30.4 Å². The molecular weight excluding hydrogens is 726 g/mol. The maximum atomic E-state index is 14.7. The number of hydrogen-bond acceptors (Lipinski definition) is 7. The van der Waals surface area contributed by atoms with Crippen molar-refractivity contribution in [3.05, 3.63) is 117 Å². The molecule has 0 saturated carbocycles. The van der Waals surface area contributed by atoms with Crippen LogP contribution in [0.2, 0.25) is 10.0 Å². The first-order valence-corrected chi connectivity index (χ1v) is 17.2. The van der Waals surface area contributed by atoms with E-state index in [1.54, 1.807) is 12.1 Å². The molecule has 1 aromatic heterocycles. The lowest BCUT2D eigenvalue weighted by atomic mass is 9.80. The Labute approximate surface area is 307 Å². The Morgan fingerprint density at radius 2 is 1.73 bits per heavy atom. The predicted octanol–water partition coefficient (Wildman–Crippen LogP) is 7.58. The lowest BCUT2D eigenvalue weighted by Gasteiger charge is -2.44. The average molecular weight is 762 g/mol. The van der Waals surface area contributed by atoms with Gasteiger partial charge in [-0.05, 0) is 91.4 Å². The zero-order valence-electron chi connectivity index (χ0n) is 27.9. The number of aromatic carboxylic acids is 1. The van der Waals surface area contributed by atoms with Gasteiger partial charge in [-0.15, -0.1) is 0 Å². The summed E-state index contributed by atoms with van der Waals surface area (Å²) in [5, 5.41) is 20.7. The Hall–Kier alpha value is -4.72. The van der Waals surface area contributed by atoms with E-state index in [1.807, 2.05) is 0 Å². The monoisotopic (exact) mass is 760 g/mol. The summed E-state index contributed by atoms with van der Waals surface area (Å²) in [6.45, 7) is -0.960. The van der Waals surface area contributed by atoms with Gasteiger partial charge in [0.2, 0.25) is 12.4 Å². The topological polar surface area (TPSA) is 113 Å². The van der Waals surface area contributed by atoms with E-state index in [9.17, 15) is 33.1 Å². The fourth-order valence-electron chi connectivity index (χ4n) is 7.08. The Bertz CT molecular complexity index is 1940. The van der Waals surface area contributed by atoms with E-state index in [-0.39, 0.29) is 63.3 Å². The molecule has 0 radical (unpaired) electrons. The summed E-state index contributed by atoms with van der Waals surface area (Å²) in [5.74, 6) is -2.94. The number of carbonyl (C=O) groups is 2. The van der Waals surface area contributed by atoms with Crippen LogP contribution in [-0.4, -0.2) is 66.7 Å². The fourth-order valence-corrected chi connectivity index (χ4v) is 7.69. The number of ether oxygens (including phenoxy) is 3. The molecule has 0 spiro atoms. The number of amides is 1. The summed E-state index contributed by atoms with van der Waals surface area (Å²) in [6.07, 6.45) is 3.02. The molecule has 3 saturated heterocycles. The van der Waals surface area contributed by atoms with Crippen molar-refractivity contribution in [3.63, 3.8) is 0 Å². The van der Waals surface area contributed by atoms with Crippen molar-refractivity contribution in [1.82, 2.24) is 4.90 Å². The van der Waals surface area contributed by atoms with Gasteiger partial charge in [0.1, 0.15) is 22.0 Å². The SMILES string of the molecule is COc1cc([C@H](Cc2c(Cl)c[n+](O)cc2Cl)c2c(CN(C(=O)O[C@H]3CN4CCC3CC4)c3cccc(F)c3)cccc2C(=O)O)ccc1OC(F)F. The van der Waals surface area contributed by atoms with Crippen LogP contribution in [0.15, 0.2) is 73.1 Å². The molecule has 4 aromatic rings. The first-order chi connectivity index (χ1) is 24.9. The Balaban J connectivity index is 1.49. The highest BCUT2D eigenvalue weighted by molar-refractivity contribution is 6.35. The van der Waals surface area contributed by atoms with E-state index in [4.69, 9.17) is 32.7 Å². The number of carboxylic acids is 1. The van der Waals surface area contributed by atoms with Gasteiger partial charge in [0.05, 0.1) is 24.9 Å². The minimum absolute atomic E-state index is 0.0569. The second-order valence-electron chi connectivity index (χ2n) is 12.7. The Kier molecular flexibility index (Phi) is 11.3. The summed E-state index contributed by atoms with van der Waals surface area (Å²) >= 11 is 13.1. The zero-order valence-corrected chi connectivity index (χ0v) is 29.4. The number of carbonyl (C=O) groups excluding carboxylic acids is 1. The van der Waals surface area contributed by atoms with Crippen molar-refractivity contribution < 1.29 is 52.0 Å². The highest BCUT2D eigenvalue weighted by Gasteiger charge is 2.38. The fraction of sp³-hybridized carbons (Fsp3) is 0.324. The first kappa shape index (κ1) is 37.1. The molecule has 4 heterocycles. The highest BCUT2D eigenvalue weighted by Crippen LogP contribution is 2.41. The van der Waals surface area contributed by atoms with Gasteiger partial charge in [-0.2, -0.15) is 8.78 Å². The van der Waals surface area contributed by atoms with Crippen LogP contribution in [0.1, 0.15) is 51.4 Å². The Morgan fingerprint density at radius 3 is 2.35 bits per heavy atom. The molecule has 3 aliphatic rings. The van der Waals surface area contributed by atoms with Crippen LogP contribution < -0.4 is 19.1 Å². The smallest absolute Gasteiger partial charge is 0.414 e. The minimum Gasteiger partial charge on any atom is -0.493 e. The molecule has 3 fully saturated rings. The van der Waals surface area contributed by atoms with Crippen LogP contribution in [0.4, 0.5) is 23.7 Å². The third kappa shape index (κ3) is 8.16. The largest absolute Gasteiger partial charge is 0.493 e. The molecule has 3 aromatic carbocycles. The van der Waals surface area contributed by atoms with Gasteiger partial charge in [0, 0.05) is 22.8 Å². The summed E-state index contributed by atoms with van der Waals surface area (Å²) < 4.78 is 57.9. The molecule has 2 N–H and O–H groups in total. The molecule has 274 valence electrons. The van der Waals surface area contributed by atoms with Gasteiger partial charge in [-0.1, -0.05) is 47.5 Å². The van der Waals surface area contributed by atoms with Crippen molar-refractivity contribution in [3.8, 4) is 11.5 Å². The lowest BCUT2D eigenvalue weighted by molar-refractivity contribution is -0.904. The van der Waals surface area contributed by atoms with E-state index in [0.29, 0.717) is 28.0 Å². The molecule has 7 rings (SSSR count). The molecule has 2 bridgehead atoms. The molecule has 15 heteroatoms. The van der Waals surface area contributed by atoms with E-state index in [2.05, 4.69) is 9.64 Å². The van der Waals surface area contributed by atoms with Gasteiger partial charge >= 0.3 is 18.7 Å². The van der Waals surface area contributed by atoms with Crippen LogP contribution in [0.3, 0.4) is 0 Å². The van der Waals surface area contributed by atoms with Gasteiger partial charge in [0.15, 0.2) is 11.5 Å². The third-order valence-corrected chi connectivity index (χ3v) is 10.2. The van der Waals surface area contributed by atoms with E-state index in [1.165, 1.54) is 72.9 Å². The third-order valence-electron chi connectivity index (χ3n) is 9.57. The summed E-state index contributed by atoms with van der Waals surface area (Å²) in [5.41, 5.74) is 1.36. The molecule has 10 nitrogen and oxygen atoms in total. The lowest BCUT2D eigenvalue weighted by Crippen LogP contribution is -2.53. The van der Waals surface area contributed by atoms with E-state index >= 15 is 0 Å². The molecular formula is C37H35Cl2F3N3O7+. The minimum atomic E-state index is -3.14. The number of alkyl halides is 2.